The molecular weight excluding hydrogens is 420 g/mol. The highest BCUT2D eigenvalue weighted by molar-refractivity contribution is 6.02. The Morgan fingerprint density at radius 2 is 1.79 bits per heavy atom. The number of carbonyl (C=O) groups is 2. The normalized spacial score (nSPS) is 15.7. The Morgan fingerprint density at radius 1 is 1.03 bits per heavy atom. The molecule has 3 amide bonds. The van der Waals surface area contributed by atoms with Gasteiger partial charge in [-0.25, -0.2) is 9.59 Å². The second-order valence-electron chi connectivity index (χ2n) is 8.19. The summed E-state index contributed by atoms with van der Waals surface area (Å²) in [5.41, 5.74) is 4.42. The van der Waals surface area contributed by atoms with Gasteiger partial charge in [-0.05, 0) is 62.1 Å². The number of aryl methyl sites for hydroxylation is 2. The standard InChI is InChI=1S/C25H32N4O4/c1-2-33-25(31)27-21-11-10-20-9-8-19-6-3-4-7-22(19)29(23(20)18-21)24(30)26-12-5-13-28-14-16-32-17-15-28/h3-4,6-7,10-11,18H,2,5,8-9,12-17H2,1H3,(H,26,30)(H,27,31). The maximum absolute atomic E-state index is 13.4. The van der Waals surface area contributed by atoms with Crippen molar-refractivity contribution in [1.29, 1.82) is 0 Å². The fourth-order valence-electron chi connectivity index (χ4n) is 4.31. The number of amides is 3. The van der Waals surface area contributed by atoms with E-state index in [1.165, 1.54) is 0 Å². The van der Waals surface area contributed by atoms with Crippen molar-refractivity contribution in [2.75, 3.05) is 56.2 Å². The monoisotopic (exact) mass is 452 g/mol. The Hall–Kier alpha value is -3.10. The number of rotatable bonds is 6. The summed E-state index contributed by atoms with van der Waals surface area (Å²) in [4.78, 5) is 29.5. The zero-order valence-corrected chi connectivity index (χ0v) is 19.1. The van der Waals surface area contributed by atoms with Crippen LogP contribution in [0.1, 0.15) is 24.5 Å². The maximum atomic E-state index is 13.4. The van der Waals surface area contributed by atoms with Gasteiger partial charge in [0, 0.05) is 25.3 Å². The molecule has 2 aliphatic heterocycles. The number of hydrogen-bond donors (Lipinski definition) is 2. The summed E-state index contributed by atoms with van der Waals surface area (Å²) in [6.45, 7) is 7.01. The minimum absolute atomic E-state index is 0.166. The van der Waals surface area contributed by atoms with Gasteiger partial charge in [-0.3, -0.25) is 15.1 Å². The Kier molecular flexibility index (Phi) is 7.80. The van der Waals surface area contributed by atoms with Gasteiger partial charge in [-0.15, -0.1) is 0 Å². The Balaban J connectivity index is 1.52. The molecule has 1 fully saturated rings. The highest BCUT2D eigenvalue weighted by Crippen LogP contribution is 2.37. The van der Waals surface area contributed by atoms with Crippen molar-refractivity contribution < 1.29 is 19.1 Å². The van der Waals surface area contributed by atoms with Gasteiger partial charge in [0.15, 0.2) is 0 Å². The molecule has 0 saturated carbocycles. The number of nitrogens with zero attached hydrogens (tertiary/aromatic N) is 2. The summed E-state index contributed by atoms with van der Waals surface area (Å²) in [6.07, 6.45) is 2.02. The second-order valence-corrected chi connectivity index (χ2v) is 8.19. The third-order valence-corrected chi connectivity index (χ3v) is 5.98. The van der Waals surface area contributed by atoms with E-state index in [2.05, 4.69) is 21.6 Å². The van der Waals surface area contributed by atoms with Crippen LogP contribution in [0.25, 0.3) is 0 Å². The van der Waals surface area contributed by atoms with Crippen LogP contribution in [0.15, 0.2) is 42.5 Å². The molecule has 4 rings (SSSR count). The highest BCUT2D eigenvalue weighted by atomic mass is 16.5. The summed E-state index contributed by atoms with van der Waals surface area (Å²) in [6, 6.07) is 13.5. The fraction of sp³-hybridized carbons (Fsp3) is 0.440. The summed E-state index contributed by atoms with van der Waals surface area (Å²) < 4.78 is 10.4. The number of fused-ring (bicyclic) bond motifs is 2. The lowest BCUT2D eigenvalue weighted by atomic mass is 10.0. The molecule has 0 atom stereocenters. The number of hydrogen-bond acceptors (Lipinski definition) is 5. The van der Waals surface area contributed by atoms with Gasteiger partial charge in [-0.2, -0.15) is 0 Å². The molecule has 2 aliphatic rings. The minimum Gasteiger partial charge on any atom is -0.450 e. The van der Waals surface area contributed by atoms with Crippen LogP contribution in [-0.4, -0.2) is 63.0 Å². The van der Waals surface area contributed by atoms with Crippen molar-refractivity contribution in [1.82, 2.24) is 10.2 Å². The number of nitrogens with one attached hydrogen (secondary N) is 2. The average Bonchev–Trinajstić information content (AvgIpc) is 2.99. The van der Waals surface area contributed by atoms with Gasteiger partial charge in [-0.1, -0.05) is 24.3 Å². The van der Waals surface area contributed by atoms with Crippen LogP contribution in [0, 0.1) is 0 Å². The third-order valence-electron chi connectivity index (χ3n) is 5.98. The van der Waals surface area contributed by atoms with E-state index >= 15 is 0 Å². The molecule has 0 radical (unpaired) electrons. The highest BCUT2D eigenvalue weighted by Gasteiger charge is 2.26. The number of anilines is 3. The van der Waals surface area contributed by atoms with Gasteiger partial charge in [0.25, 0.3) is 0 Å². The molecule has 2 N–H and O–H groups in total. The van der Waals surface area contributed by atoms with Crippen LogP contribution in [0.4, 0.5) is 26.7 Å². The van der Waals surface area contributed by atoms with Crippen molar-refractivity contribution in [3.05, 3.63) is 53.6 Å². The van der Waals surface area contributed by atoms with E-state index in [1.807, 2.05) is 36.4 Å². The molecule has 1 saturated heterocycles. The molecular formula is C25H32N4O4. The number of carbonyl (C=O) groups excluding carboxylic acids is 2. The molecule has 2 aromatic rings. The van der Waals surface area contributed by atoms with Crippen molar-refractivity contribution >= 4 is 29.2 Å². The number of benzene rings is 2. The van der Waals surface area contributed by atoms with Gasteiger partial charge in [0.05, 0.1) is 31.2 Å². The van der Waals surface area contributed by atoms with E-state index in [4.69, 9.17) is 9.47 Å². The van der Waals surface area contributed by atoms with Crippen LogP contribution >= 0.6 is 0 Å². The van der Waals surface area contributed by atoms with Crippen molar-refractivity contribution in [2.45, 2.75) is 26.2 Å². The first-order valence-corrected chi connectivity index (χ1v) is 11.7. The van der Waals surface area contributed by atoms with Gasteiger partial charge in [0.1, 0.15) is 0 Å². The zero-order valence-electron chi connectivity index (χ0n) is 19.1. The molecule has 0 bridgehead atoms. The molecule has 33 heavy (non-hydrogen) atoms. The zero-order chi connectivity index (χ0) is 23.0. The summed E-state index contributed by atoms with van der Waals surface area (Å²) in [5.74, 6) is 0. The smallest absolute Gasteiger partial charge is 0.411 e. The Labute approximate surface area is 194 Å². The summed E-state index contributed by atoms with van der Waals surface area (Å²) in [7, 11) is 0. The average molecular weight is 453 g/mol. The van der Waals surface area contributed by atoms with E-state index in [0.29, 0.717) is 18.8 Å². The van der Waals surface area contributed by atoms with Crippen molar-refractivity contribution in [2.24, 2.45) is 0 Å². The second kappa shape index (κ2) is 11.2. The number of ether oxygens (including phenoxy) is 2. The molecule has 0 spiro atoms. The molecule has 0 aliphatic carbocycles. The molecule has 0 unspecified atom stereocenters. The topological polar surface area (TPSA) is 83.1 Å². The summed E-state index contributed by atoms with van der Waals surface area (Å²) in [5, 5.41) is 5.85. The molecule has 8 nitrogen and oxygen atoms in total. The lowest BCUT2D eigenvalue weighted by Gasteiger charge is -2.27. The van der Waals surface area contributed by atoms with E-state index in [9.17, 15) is 9.59 Å². The minimum atomic E-state index is -0.509. The number of urea groups is 1. The van der Waals surface area contributed by atoms with E-state index in [1.54, 1.807) is 11.8 Å². The number of morpholine rings is 1. The predicted octanol–water partition coefficient (Wildman–Crippen LogP) is 3.92. The lowest BCUT2D eigenvalue weighted by Crippen LogP contribution is -2.40. The summed E-state index contributed by atoms with van der Waals surface area (Å²) >= 11 is 0. The molecule has 0 aromatic heterocycles. The van der Waals surface area contributed by atoms with Gasteiger partial charge < -0.3 is 14.8 Å². The molecule has 2 aromatic carbocycles. The first-order chi connectivity index (χ1) is 16.2. The Morgan fingerprint density at radius 3 is 2.58 bits per heavy atom. The SMILES string of the molecule is CCOC(=O)Nc1ccc2c(c1)N(C(=O)NCCCN1CCOCC1)c1ccccc1CC2. The molecule has 8 heteroatoms. The van der Waals surface area contributed by atoms with Crippen LogP contribution in [0.3, 0.4) is 0 Å². The van der Waals surface area contributed by atoms with Crippen LogP contribution in [0.5, 0.6) is 0 Å². The largest absolute Gasteiger partial charge is 0.450 e. The van der Waals surface area contributed by atoms with Crippen LogP contribution < -0.4 is 15.5 Å². The van der Waals surface area contributed by atoms with Gasteiger partial charge >= 0.3 is 12.1 Å². The van der Waals surface area contributed by atoms with E-state index in [0.717, 1.165) is 74.6 Å². The predicted molar refractivity (Wildman–Crippen MR) is 128 cm³/mol. The lowest BCUT2D eigenvalue weighted by molar-refractivity contribution is 0.0375. The van der Waals surface area contributed by atoms with Crippen LogP contribution in [0.2, 0.25) is 0 Å². The van der Waals surface area contributed by atoms with E-state index < -0.39 is 6.09 Å². The fourth-order valence-corrected chi connectivity index (χ4v) is 4.31. The maximum Gasteiger partial charge on any atom is 0.411 e. The molecule has 176 valence electrons. The van der Waals surface area contributed by atoms with Crippen molar-refractivity contribution in [3.63, 3.8) is 0 Å². The van der Waals surface area contributed by atoms with Gasteiger partial charge in [0.2, 0.25) is 0 Å². The quantitative estimate of drug-likeness (QED) is 0.649. The number of para-hydroxylation sites is 1. The van der Waals surface area contributed by atoms with E-state index in [-0.39, 0.29) is 6.03 Å². The first kappa shape index (κ1) is 23.1. The first-order valence-electron chi connectivity index (χ1n) is 11.7. The molecule has 2 heterocycles. The van der Waals surface area contributed by atoms with Crippen molar-refractivity contribution in [3.8, 4) is 0 Å². The van der Waals surface area contributed by atoms with Crippen LogP contribution in [-0.2, 0) is 22.3 Å². The third kappa shape index (κ3) is 5.83. The Bertz CT molecular complexity index is 975.